The van der Waals surface area contributed by atoms with Crippen LogP contribution < -0.4 is 10.6 Å². The van der Waals surface area contributed by atoms with Crippen molar-refractivity contribution in [3.63, 3.8) is 0 Å². The molecule has 0 aromatic heterocycles. The van der Waals surface area contributed by atoms with Gasteiger partial charge in [0.2, 0.25) is 0 Å². The zero-order valence-corrected chi connectivity index (χ0v) is 14.3. The lowest BCUT2D eigenvalue weighted by Crippen LogP contribution is -2.28. The maximum absolute atomic E-state index is 11.8. The van der Waals surface area contributed by atoms with E-state index >= 15 is 0 Å². The first-order valence-electron chi connectivity index (χ1n) is 7.14. The maximum Gasteiger partial charge on any atom is 0.319 e. The first-order chi connectivity index (χ1) is 11.4. The second-order valence-electron chi connectivity index (χ2n) is 5.00. The fraction of sp³-hybridized carbons (Fsp3) is 0.188. The van der Waals surface area contributed by atoms with Crippen LogP contribution in [0.3, 0.4) is 0 Å². The number of anilines is 1. The Morgan fingerprint density at radius 1 is 1.12 bits per heavy atom. The van der Waals surface area contributed by atoms with Gasteiger partial charge in [-0.25, -0.2) is 13.2 Å². The van der Waals surface area contributed by atoms with E-state index in [2.05, 4.69) is 10.6 Å². The van der Waals surface area contributed by atoms with E-state index in [1.54, 1.807) is 36.4 Å². The predicted octanol–water partition coefficient (Wildman–Crippen LogP) is 2.43. The summed E-state index contributed by atoms with van der Waals surface area (Å²) in [5.74, 6) is -0.313. The van der Waals surface area contributed by atoms with Crippen molar-refractivity contribution in [2.75, 3.05) is 17.7 Å². The lowest BCUT2D eigenvalue weighted by Gasteiger charge is -2.09. The van der Waals surface area contributed by atoms with Gasteiger partial charge in [0.1, 0.15) is 0 Å². The highest BCUT2D eigenvalue weighted by molar-refractivity contribution is 7.91. The molecule has 0 heterocycles. The van der Waals surface area contributed by atoms with Crippen LogP contribution in [0.4, 0.5) is 10.5 Å². The Morgan fingerprint density at radius 2 is 1.83 bits per heavy atom. The molecule has 0 aliphatic rings. The second-order valence-corrected chi connectivity index (χ2v) is 7.55. The van der Waals surface area contributed by atoms with Gasteiger partial charge in [0.15, 0.2) is 9.84 Å². The van der Waals surface area contributed by atoms with E-state index < -0.39 is 22.5 Å². The van der Waals surface area contributed by atoms with Crippen molar-refractivity contribution in [2.24, 2.45) is 0 Å². The van der Waals surface area contributed by atoms with E-state index in [9.17, 15) is 13.2 Å². The number of aliphatic hydroxyl groups excluding tert-OH is 1. The summed E-state index contributed by atoms with van der Waals surface area (Å²) < 4.78 is 23.6. The monoisotopic (exact) mass is 368 g/mol. The minimum Gasteiger partial charge on any atom is -0.395 e. The summed E-state index contributed by atoms with van der Waals surface area (Å²) in [5, 5.41) is 14.6. The van der Waals surface area contributed by atoms with Crippen molar-refractivity contribution in [3.05, 3.63) is 59.1 Å². The molecular formula is C16H17ClN2O4S. The van der Waals surface area contributed by atoms with Crippen LogP contribution in [-0.4, -0.2) is 31.9 Å². The molecule has 3 N–H and O–H groups in total. The van der Waals surface area contributed by atoms with Gasteiger partial charge in [0, 0.05) is 17.3 Å². The van der Waals surface area contributed by atoms with E-state index in [1.807, 2.05) is 0 Å². The number of aliphatic hydroxyl groups is 1. The molecule has 2 rings (SSSR count). The Balaban J connectivity index is 1.91. The number of rotatable bonds is 6. The molecule has 0 spiro atoms. The number of carbonyl (C=O) groups is 1. The molecule has 0 fully saturated rings. The van der Waals surface area contributed by atoms with Crippen molar-refractivity contribution in [3.8, 4) is 0 Å². The molecule has 2 aromatic carbocycles. The van der Waals surface area contributed by atoms with Crippen LogP contribution in [0, 0.1) is 0 Å². The molecule has 0 aliphatic heterocycles. The summed E-state index contributed by atoms with van der Waals surface area (Å²) in [6.45, 7) is -0.179. The Morgan fingerprint density at radius 3 is 2.46 bits per heavy atom. The molecule has 2 amide bonds. The highest BCUT2D eigenvalue weighted by Crippen LogP contribution is 2.15. The summed E-state index contributed by atoms with van der Waals surface area (Å²) >= 11 is 5.84. The van der Waals surface area contributed by atoms with Crippen molar-refractivity contribution >= 4 is 33.2 Å². The SMILES string of the molecule is O=C(NCc1ccc(S(=O)(=O)CCO)cc1)Nc1cccc(Cl)c1. The molecule has 0 saturated carbocycles. The van der Waals surface area contributed by atoms with Crippen LogP contribution in [0.2, 0.25) is 5.02 Å². The lowest BCUT2D eigenvalue weighted by atomic mass is 10.2. The van der Waals surface area contributed by atoms with Crippen molar-refractivity contribution < 1.29 is 18.3 Å². The van der Waals surface area contributed by atoms with Gasteiger partial charge < -0.3 is 15.7 Å². The summed E-state index contributed by atoms with van der Waals surface area (Å²) in [4.78, 5) is 12.0. The largest absolute Gasteiger partial charge is 0.395 e. The van der Waals surface area contributed by atoms with Crippen LogP contribution in [-0.2, 0) is 16.4 Å². The average molecular weight is 369 g/mol. The predicted molar refractivity (Wildman–Crippen MR) is 92.9 cm³/mol. The van der Waals surface area contributed by atoms with E-state index in [4.69, 9.17) is 16.7 Å². The van der Waals surface area contributed by atoms with Gasteiger partial charge in [-0.1, -0.05) is 29.8 Å². The van der Waals surface area contributed by atoms with Gasteiger partial charge in [-0.3, -0.25) is 0 Å². The number of halogens is 1. The average Bonchev–Trinajstić information content (AvgIpc) is 2.53. The molecule has 0 unspecified atom stereocenters. The van der Waals surface area contributed by atoms with Crippen LogP contribution in [0.15, 0.2) is 53.4 Å². The van der Waals surface area contributed by atoms with E-state index in [0.717, 1.165) is 5.56 Å². The molecule has 6 nitrogen and oxygen atoms in total. The smallest absolute Gasteiger partial charge is 0.319 e. The third-order valence-corrected chi connectivity index (χ3v) is 5.12. The Hall–Kier alpha value is -2.09. The highest BCUT2D eigenvalue weighted by Gasteiger charge is 2.13. The fourth-order valence-electron chi connectivity index (χ4n) is 1.98. The number of urea groups is 1. The van der Waals surface area contributed by atoms with E-state index in [1.165, 1.54) is 12.1 Å². The lowest BCUT2D eigenvalue weighted by molar-refractivity contribution is 0.251. The third-order valence-electron chi connectivity index (χ3n) is 3.18. The number of benzene rings is 2. The molecule has 24 heavy (non-hydrogen) atoms. The molecule has 0 aliphatic carbocycles. The number of hydrogen-bond acceptors (Lipinski definition) is 4. The number of hydrogen-bond donors (Lipinski definition) is 3. The van der Waals surface area contributed by atoms with E-state index in [0.29, 0.717) is 10.7 Å². The van der Waals surface area contributed by atoms with Gasteiger partial charge in [-0.05, 0) is 35.9 Å². The third kappa shape index (κ3) is 5.23. The fourth-order valence-corrected chi connectivity index (χ4v) is 3.19. The first-order valence-corrected chi connectivity index (χ1v) is 9.17. The molecule has 0 saturated heterocycles. The standard InChI is InChI=1S/C16H17ClN2O4S/c17-13-2-1-3-14(10-13)19-16(21)18-11-12-4-6-15(7-5-12)24(22,23)9-8-20/h1-7,10,20H,8-9,11H2,(H2,18,19,21). The summed E-state index contributed by atoms with van der Waals surface area (Å²) in [5.41, 5.74) is 1.32. The zero-order chi connectivity index (χ0) is 17.6. The second kappa shape index (κ2) is 8.14. The highest BCUT2D eigenvalue weighted by atomic mass is 35.5. The van der Waals surface area contributed by atoms with Gasteiger partial charge in [0.05, 0.1) is 17.3 Å². The zero-order valence-electron chi connectivity index (χ0n) is 12.7. The maximum atomic E-state index is 11.8. The van der Waals surface area contributed by atoms with Crippen molar-refractivity contribution in [2.45, 2.75) is 11.4 Å². The number of carbonyl (C=O) groups excluding carboxylic acids is 1. The summed E-state index contributed by atoms with van der Waals surface area (Å²) in [6, 6.07) is 12.5. The van der Waals surface area contributed by atoms with Crippen LogP contribution >= 0.6 is 11.6 Å². The Labute approximate surface area is 145 Å². The van der Waals surface area contributed by atoms with Crippen molar-refractivity contribution in [1.29, 1.82) is 0 Å². The number of sulfone groups is 1. The minimum absolute atomic E-state index is 0.142. The number of nitrogens with one attached hydrogen (secondary N) is 2. The van der Waals surface area contributed by atoms with Gasteiger partial charge in [-0.2, -0.15) is 0 Å². The Kier molecular flexibility index (Phi) is 6.19. The molecule has 0 bridgehead atoms. The van der Waals surface area contributed by atoms with E-state index in [-0.39, 0.29) is 17.2 Å². The van der Waals surface area contributed by atoms with Gasteiger partial charge in [0.25, 0.3) is 0 Å². The topological polar surface area (TPSA) is 95.5 Å². The quantitative estimate of drug-likeness (QED) is 0.729. The van der Waals surface area contributed by atoms with Crippen LogP contribution in [0.25, 0.3) is 0 Å². The summed E-state index contributed by atoms with van der Waals surface area (Å²) in [7, 11) is -3.47. The molecule has 8 heteroatoms. The van der Waals surface area contributed by atoms with Gasteiger partial charge >= 0.3 is 6.03 Å². The minimum atomic E-state index is -3.47. The molecule has 0 atom stereocenters. The molecule has 2 aromatic rings. The van der Waals surface area contributed by atoms with Gasteiger partial charge in [-0.15, -0.1) is 0 Å². The van der Waals surface area contributed by atoms with Crippen LogP contribution in [0.1, 0.15) is 5.56 Å². The molecular weight excluding hydrogens is 352 g/mol. The summed E-state index contributed by atoms with van der Waals surface area (Å²) in [6.07, 6.45) is 0. The number of amides is 2. The Bertz CT molecular complexity index is 807. The first kappa shape index (κ1) is 18.3. The van der Waals surface area contributed by atoms with Crippen molar-refractivity contribution in [1.82, 2.24) is 5.32 Å². The van der Waals surface area contributed by atoms with Crippen LogP contribution in [0.5, 0.6) is 0 Å². The normalized spacial score (nSPS) is 11.1. The molecule has 0 radical (unpaired) electrons. The molecule has 128 valence electrons.